The van der Waals surface area contributed by atoms with Crippen molar-refractivity contribution in [1.29, 1.82) is 0 Å². The summed E-state index contributed by atoms with van der Waals surface area (Å²) in [5, 5.41) is 11.9. The molecule has 5 nitrogen and oxygen atoms in total. The van der Waals surface area contributed by atoms with Gasteiger partial charge in [-0.05, 0) is 50.2 Å². The Hall–Kier alpha value is -2.27. The topological polar surface area (TPSA) is 57.5 Å². The van der Waals surface area contributed by atoms with Crippen LogP contribution in [0.4, 0.5) is 11.4 Å². The smallest absolute Gasteiger partial charge is 0.272 e. The van der Waals surface area contributed by atoms with Crippen LogP contribution in [0.25, 0.3) is 0 Å². The maximum absolute atomic E-state index is 12.3. The average Bonchev–Trinajstić information content (AvgIpc) is 2.98. The summed E-state index contributed by atoms with van der Waals surface area (Å²) in [6, 6.07) is 11.5. The van der Waals surface area contributed by atoms with E-state index in [-0.39, 0.29) is 18.6 Å². The number of benzene rings is 1. The van der Waals surface area contributed by atoms with E-state index in [0.29, 0.717) is 12.2 Å². The molecule has 0 fully saturated rings. The number of anilines is 2. The van der Waals surface area contributed by atoms with Crippen LogP contribution in [0.15, 0.2) is 42.6 Å². The Labute approximate surface area is 131 Å². The van der Waals surface area contributed by atoms with Crippen LogP contribution in [0.1, 0.15) is 30.4 Å². The van der Waals surface area contributed by atoms with Gasteiger partial charge in [0.05, 0.1) is 6.61 Å². The molecule has 1 aromatic carbocycles. The lowest BCUT2D eigenvalue weighted by molar-refractivity contribution is 0.101. The van der Waals surface area contributed by atoms with Crippen LogP contribution < -0.4 is 10.2 Å². The monoisotopic (exact) mass is 301 g/mol. The molecule has 1 aromatic heterocycles. The summed E-state index contributed by atoms with van der Waals surface area (Å²) >= 11 is 0. The van der Waals surface area contributed by atoms with E-state index in [1.54, 1.807) is 0 Å². The molecular weight excluding hydrogens is 278 g/mol. The van der Waals surface area contributed by atoms with Crippen LogP contribution >= 0.6 is 0 Å². The zero-order chi connectivity index (χ0) is 16.1. The predicted molar refractivity (Wildman–Crippen MR) is 89.6 cm³/mol. The molecule has 22 heavy (non-hydrogen) atoms. The molecule has 0 atom stereocenters. The number of carbonyl (C=O) groups is 1. The van der Waals surface area contributed by atoms with Crippen molar-refractivity contribution >= 4 is 17.3 Å². The second-order valence-corrected chi connectivity index (χ2v) is 5.54. The van der Waals surface area contributed by atoms with Gasteiger partial charge < -0.3 is 19.9 Å². The first kappa shape index (κ1) is 16.1. The van der Waals surface area contributed by atoms with Crippen LogP contribution in [0.5, 0.6) is 0 Å². The first-order valence-corrected chi connectivity index (χ1v) is 7.43. The van der Waals surface area contributed by atoms with Gasteiger partial charge in [-0.1, -0.05) is 0 Å². The largest absolute Gasteiger partial charge is 0.395 e. The van der Waals surface area contributed by atoms with Crippen molar-refractivity contribution in [3.63, 3.8) is 0 Å². The van der Waals surface area contributed by atoms with Gasteiger partial charge in [-0.25, -0.2) is 0 Å². The molecule has 2 N–H and O–H groups in total. The number of aliphatic hydroxyl groups excluding tert-OH is 1. The minimum Gasteiger partial charge on any atom is -0.395 e. The fourth-order valence-electron chi connectivity index (χ4n) is 2.31. The van der Waals surface area contributed by atoms with E-state index < -0.39 is 0 Å². The zero-order valence-electron chi connectivity index (χ0n) is 13.3. The molecule has 5 heteroatoms. The molecule has 0 radical (unpaired) electrons. The number of nitrogens with zero attached hydrogens (tertiary/aromatic N) is 2. The molecule has 118 valence electrons. The highest BCUT2D eigenvalue weighted by Gasteiger charge is 2.12. The lowest BCUT2D eigenvalue weighted by Gasteiger charge is -2.18. The number of amides is 1. The Bertz CT molecular complexity index is 617. The van der Waals surface area contributed by atoms with E-state index >= 15 is 0 Å². The van der Waals surface area contributed by atoms with Gasteiger partial charge in [0.1, 0.15) is 5.69 Å². The molecule has 0 aliphatic rings. The van der Waals surface area contributed by atoms with Gasteiger partial charge in [-0.3, -0.25) is 4.79 Å². The average molecular weight is 301 g/mol. The summed E-state index contributed by atoms with van der Waals surface area (Å²) < 4.78 is 1.94. The molecular formula is C17H23N3O2. The van der Waals surface area contributed by atoms with E-state index in [0.717, 1.165) is 11.4 Å². The number of aliphatic hydroxyl groups is 1. The molecule has 1 amide bonds. The van der Waals surface area contributed by atoms with Crippen molar-refractivity contribution in [3.8, 4) is 0 Å². The molecule has 0 bridgehead atoms. The van der Waals surface area contributed by atoms with Crippen molar-refractivity contribution in [2.45, 2.75) is 19.9 Å². The predicted octanol–water partition coefficient (Wildman–Crippen LogP) is 2.75. The third-order valence-corrected chi connectivity index (χ3v) is 3.57. The van der Waals surface area contributed by atoms with Gasteiger partial charge in [0.2, 0.25) is 0 Å². The summed E-state index contributed by atoms with van der Waals surface area (Å²) in [6.07, 6.45) is 1.91. The highest BCUT2D eigenvalue weighted by Crippen LogP contribution is 2.18. The van der Waals surface area contributed by atoms with Crippen molar-refractivity contribution in [1.82, 2.24) is 4.57 Å². The fourth-order valence-corrected chi connectivity index (χ4v) is 2.31. The summed E-state index contributed by atoms with van der Waals surface area (Å²) in [7, 11) is 1.92. The number of nitrogens with one attached hydrogen (secondary N) is 1. The van der Waals surface area contributed by atoms with Crippen LogP contribution in [0.2, 0.25) is 0 Å². The Morgan fingerprint density at radius 2 is 1.95 bits per heavy atom. The number of aromatic nitrogens is 1. The SMILES string of the molecule is CC(C)n1cccc1C(=O)Nc1ccc(N(C)CCO)cc1. The Morgan fingerprint density at radius 3 is 2.55 bits per heavy atom. The summed E-state index contributed by atoms with van der Waals surface area (Å²) in [4.78, 5) is 14.3. The molecule has 0 saturated heterocycles. The number of hydrogen-bond donors (Lipinski definition) is 2. The number of rotatable bonds is 6. The van der Waals surface area contributed by atoms with E-state index in [2.05, 4.69) is 5.32 Å². The van der Waals surface area contributed by atoms with Gasteiger partial charge in [-0.2, -0.15) is 0 Å². The van der Waals surface area contributed by atoms with Crippen molar-refractivity contribution in [2.75, 3.05) is 30.4 Å². The van der Waals surface area contributed by atoms with Crippen molar-refractivity contribution in [3.05, 3.63) is 48.3 Å². The minimum atomic E-state index is -0.116. The van der Waals surface area contributed by atoms with E-state index in [9.17, 15) is 4.79 Å². The molecule has 1 heterocycles. The Morgan fingerprint density at radius 1 is 1.27 bits per heavy atom. The lowest BCUT2D eigenvalue weighted by Crippen LogP contribution is -2.21. The van der Waals surface area contributed by atoms with E-state index in [1.807, 2.05) is 73.0 Å². The summed E-state index contributed by atoms with van der Waals surface area (Å²) in [6.45, 7) is 4.78. The second kappa shape index (κ2) is 7.13. The Balaban J connectivity index is 2.07. The van der Waals surface area contributed by atoms with E-state index in [1.165, 1.54) is 0 Å². The molecule has 2 rings (SSSR count). The minimum absolute atomic E-state index is 0.112. The highest BCUT2D eigenvalue weighted by atomic mass is 16.3. The van der Waals surface area contributed by atoms with Crippen molar-refractivity contribution < 1.29 is 9.90 Å². The van der Waals surface area contributed by atoms with E-state index in [4.69, 9.17) is 5.11 Å². The van der Waals surface area contributed by atoms with Crippen LogP contribution in [-0.2, 0) is 0 Å². The maximum Gasteiger partial charge on any atom is 0.272 e. The van der Waals surface area contributed by atoms with Crippen LogP contribution in [0, 0.1) is 0 Å². The van der Waals surface area contributed by atoms with Crippen LogP contribution in [0.3, 0.4) is 0 Å². The fraction of sp³-hybridized carbons (Fsp3) is 0.353. The van der Waals surface area contributed by atoms with Gasteiger partial charge in [-0.15, -0.1) is 0 Å². The molecule has 0 saturated carbocycles. The van der Waals surface area contributed by atoms with Crippen molar-refractivity contribution in [2.24, 2.45) is 0 Å². The second-order valence-electron chi connectivity index (χ2n) is 5.54. The van der Waals surface area contributed by atoms with Gasteiger partial charge in [0.15, 0.2) is 0 Å². The number of carbonyl (C=O) groups excluding carboxylic acids is 1. The summed E-state index contributed by atoms with van der Waals surface area (Å²) in [5.41, 5.74) is 2.40. The molecule has 0 unspecified atom stereocenters. The lowest BCUT2D eigenvalue weighted by atomic mass is 10.2. The standard InChI is InChI=1S/C17H23N3O2/c1-13(2)20-10-4-5-16(20)17(22)18-14-6-8-15(9-7-14)19(3)11-12-21/h4-10,13,21H,11-12H2,1-3H3,(H,18,22). The zero-order valence-corrected chi connectivity index (χ0v) is 13.3. The molecule has 0 aliphatic heterocycles. The van der Waals surface area contributed by atoms with Gasteiger partial charge >= 0.3 is 0 Å². The maximum atomic E-state index is 12.3. The molecule has 0 aliphatic carbocycles. The number of likely N-dealkylation sites (N-methyl/N-ethyl adjacent to an activating group) is 1. The third kappa shape index (κ3) is 3.68. The van der Waals surface area contributed by atoms with Gasteiger partial charge in [0.25, 0.3) is 5.91 Å². The summed E-state index contributed by atoms with van der Waals surface area (Å²) in [5.74, 6) is -0.116. The molecule has 0 spiro atoms. The molecule has 2 aromatic rings. The normalized spacial score (nSPS) is 10.8. The first-order chi connectivity index (χ1) is 10.5. The quantitative estimate of drug-likeness (QED) is 0.862. The van der Waals surface area contributed by atoms with Crippen LogP contribution in [-0.4, -0.2) is 35.8 Å². The van der Waals surface area contributed by atoms with Gasteiger partial charge in [0, 0.05) is 37.2 Å². The first-order valence-electron chi connectivity index (χ1n) is 7.43. The third-order valence-electron chi connectivity index (χ3n) is 3.57. The number of hydrogen-bond acceptors (Lipinski definition) is 3. The Kier molecular flexibility index (Phi) is 5.22. The highest BCUT2D eigenvalue weighted by molar-refractivity contribution is 6.03.